The second-order valence-corrected chi connectivity index (χ2v) is 4.33. The zero-order valence-corrected chi connectivity index (χ0v) is 10.2. The number of hydrogen-bond acceptors (Lipinski definition) is 3. The molecule has 2 aromatic rings. The molecule has 0 atom stereocenters. The van der Waals surface area contributed by atoms with Gasteiger partial charge in [-0.05, 0) is 24.3 Å². The summed E-state index contributed by atoms with van der Waals surface area (Å²) < 4.78 is 0. The third-order valence-electron chi connectivity index (χ3n) is 2.98. The van der Waals surface area contributed by atoms with Crippen LogP contribution in [0.15, 0.2) is 54.7 Å². The maximum absolute atomic E-state index is 11.9. The maximum Gasteiger partial charge on any atom is 0.257 e. The van der Waals surface area contributed by atoms with E-state index >= 15 is 0 Å². The van der Waals surface area contributed by atoms with Crippen molar-refractivity contribution >= 4 is 28.5 Å². The highest BCUT2D eigenvalue weighted by atomic mass is 16.2. The van der Waals surface area contributed by atoms with E-state index in [0.29, 0.717) is 11.3 Å². The van der Waals surface area contributed by atoms with Crippen molar-refractivity contribution in [1.82, 2.24) is 0 Å². The summed E-state index contributed by atoms with van der Waals surface area (Å²) >= 11 is 0. The van der Waals surface area contributed by atoms with Crippen LogP contribution in [0.4, 0.5) is 17.1 Å². The molecule has 19 heavy (non-hydrogen) atoms. The average Bonchev–Trinajstić information content (AvgIpc) is 2.72. The molecule has 0 radical (unpaired) electrons. The van der Waals surface area contributed by atoms with E-state index in [-0.39, 0.29) is 5.91 Å². The Labute approximate surface area is 110 Å². The van der Waals surface area contributed by atoms with Crippen molar-refractivity contribution in [1.29, 1.82) is 0 Å². The molecule has 4 nitrogen and oxygen atoms in total. The Hall–Kier alpha value is -2.75. The minimum Gasteiger partial charge on any atom is -0.399 e. The third-order valence-corrected chi connectivity index (χ3v) is 2.98. The molecular formula is C15H13N3O. The van der Waals surface area contributed by atoms with Crippen LogP contribution >= 0.6 is 0 Å². The molecule has 2 aromatic carbocycles. The lowest BCUT2D eigenvalue weighted by molar-refractivity contribution is -0.110. The summed E-state index contributed by atoms with van der Waals surface area (Å²) in [6.07, 6.45) is 1.70. The normalized spacial score (nSPS) is 15.2. The zero-order chi connectivity index (χ0) is 13.2. The Balaban J connectivity index is 1.90. The van der Waals surface area contributed by atoms with Gasteiger partial charge >= 0.3 is 0 Å². The van der Waals surface area contributed by atoms with E-state index in [0.717, 1.165) is 16.9 Å². The van der Waals surface area contributed by atoms with Gasteiger partial charge in [-0.15, -0.1) is 0 Å². The molecule has 0 aromatic heterocycles. The van der Waals surface area contributed by atoms with Crippen LogP contribution in [-0.4, -0.2) is 5.91 Å². The summed E-state index contributed by atoms with van der Waals surface area (Å²) in [5.41, 5.74) is 9.61. The van der Waals surface area contributed by atoms with Gasteiger partial charge < -0.3 is 16.4 Å². The Morgan fingerprint density at radius 2 is 1.95 bits per heavy atom. The molecule has 0 bridgehead atoms. The van der Waals surface area contributed by atoms with E-state index < -0.39 is 0 Å². The summed E-state index contributed by atoms with van der Waals surface area (Å²) in [5, 5.41) is 5.92. The van der Waals surface area contributed by atoms with Gasteiger partial charge in [-0.1, -0.05) is 24.3 Å². The highest BCUT2D eigenvalue weighted by Crippen LogP contribution is 2.31. The molecule has 0 unspecified atom stereocenters. The van der Waals surface area contributed by atoms with Gasteiger partial charge in [0.15, 0.2) is 0 Å². The highest BCUT2D eigenvalue weighted by Gasteiger charge is 2.23. The summed E-state index contributed by atoms with van der Waals surface area (Å²) in [6, 6.07) is 15.0. The molecule has 4 heteroatoms. The van der Waals surface area contributed by atoms with Gasteiger partial charge in [0.25, 0.3) is 5.91 Å². The average molecular weight is 251 g/mol. The summed E-state index contributed by atoms with van der Waals surface area (Å²) in [5.74, 6) is -0.0994. The number of carbonyl (C=O) groups excluding carboxylic acids is 1. The molecule has 0 aliphatic carbocycles. The second kappa shape index (κ2) is 4.49. The number of nitrogens with two attached hydrogens (primary N) is 1. The van der Waals surface area contributed by atoms with Crippen LogP contribution in [0.1, 0.15) is 5.56 Å². The third kappa shape index (κ3) is 2.15. The number of hydrogen-bond donors (Lipinski definition) is 3. The number of benzene rings is 2. The lowest BCUT2D eigenvalue weighted by Crippen LogP contribution is -2.05. The van der Waals surface area contributed by atoms with Gasteiger partial charge in [-0.25, -0.2) is 0 Å². The van der Waals surface area contributed by atoms with Gasteiger partial charge in [0.05, 0.1) is 5.57 Å². The SMILES string of the molecule is Nc1cccc(NC=C2C(=O)Nc3ccccc32)c1. The van der Waals surface area contributed by atoms with Crippen molar-refractivity contribution in [3.05, 3.63) is 60.3 Å². The smallest absolute Gasteiger partial charge is 0.257 e. The fourth-order valence-electron chi connectivity index (χ4n) is 2.07. The maximum atomic E-state index is 11.9. The number of amides is 1. The first kappa shape index (κ1) is 11.3. The van der Waals surface area contributed by atoms with Gasteiger partial charge in [-0.2, -0.15) is 0 Å². The second-order valence-electron chi connectivity index (χ2n) is 4.33. The van der Waals surface area contributed by atoms with Gasteiger partial charge in [0, 0.05) is 28.8 Å². The molecule has 94 valence electrons. The molecule has 3 rings (SSSR count). The molecule has 0 spiro atoms. The molecule has 4 N–H and O–H groups in total. The van der Waals surface area contributed by atoms with Crippen molar-refractivity contribution in [3.8, 4) is 0 Å². The van der Waals surface area contributed by atoms with E-state index in [9.17, 15) is 4.79 Å². The number of nitrogens with one attached hydrogen (secondary N) is 2. The van der Waals surface area contributed by atoms with E-state index in [1.165, 1.54) is 0 Å². The van der Waals surface area contributed by atoms with E-state index in [4.69, 9.17) is 5.73 Å². The van der Waals surface area contributed by atoms with Crippen LogP contribution in [-0.2, 0) is 4.79 Å². The van der Waals surface area contributed by atoms with Crippen molar-refractivity contribution < 1.29 is 4.79 Å². The topological polar surface area (TPSA) is 67.1 Å². The lowest BCUT2D eigenvalue weighted by Gasteiger charge is -2.03. The van der Waals surface area contributed by atoms with Crippen molar-refractivity contribution in [2.75, 3.05) is 16.4 Å². The van der Waals surface area contributed by atoms with E-state index in [2.05, 4.69) is 10.6 Å². The minimum absolute atomic E-state index is 0.0994. The number of rotatable bonds is 2. The predicted molar refractivity (Wildman–Crippen MR) is 77.5 cm³/mol. The van der Waals surface area contributed by atoms with Gasteiger partial charge in [0.1, 0.15) is 0 Å². The first-order valence-electron chi connectivity index (χ1n) is 5.97. The molecule has 0 saturated carbocycles. The van der Waals surface area contributed by atoms with Crippen LogP contribution in [0.2, 0.25) is 0 Å². The minimum atomic E-state index is -0.0994. The van der Waals surface area contributed by atoms with E-state index in [1.54, 1.807) is 6.20 Å². The zero-order valence-electron chi connectivity index (χ0n) is 10.2. The van der Waals surface area contributed by atoms with Crippen LogP contribution in [0.5, 0.6) is 0 Å². The Kier molecular flexibility index (Phi) is 2.68. The number of anilines is 3. The quantitative estimate of drug-likeness (QED) is 0.568. The Bertz CT molecular complexity index is 677. The van der Waals surface area contributed by atoms with Crippen LogP contribution in [0, 0.1) is 0 Å². The molecule has 1 aliphatic heterocycles. The van der Waals surface area contributed by atoms with Gasteiger partial charge in [-0.3, -0.25) is 4.79 Å². The molecule has 1 aliphatic rings. The first-order chi connectivity index (χ1) is 9.24. The van der Waals surface area contributed by atoms with Crippen LogP contribution in [0.3, 0.4) is 0 Å². The number of fused-ring (bicyclic) bond motifs is 1. The standard InChI is InChI=1S/C15H13N3O/c16-10-4-3-5-11(8-10)17-9-13-12-6-1-2-7-14(12)18-15(13)19/h1-9,17H,16H2,(H,18,19). The molecule has 1 heterocycles. The highest BCUT2D eigenvalue weighted by molar-refractivity contribution is 6.31. The first-order valence-corrected chi connectivity index (χ1v) is 5.97. The summed E-state index contributed by atoms with van der Waals surface area (Å²) in [6.45, 7) is 0. The Morgan fingerprint density at radius 1 is 1.11 bits per heavy atom. The number of carbonyl (C=O) groups is 1. The van der Waals surface area contributed by atoms with Crippen molar-refractivity contribution in [2.45, 2.75) is 0 Å². The fourth-order valence-corrected chi connectivity index (χ4v) is 2.07. The number of para-hydroxylation sites is 1. The molecular weight excluding hydrogens is 238 g/mol. The summed E-state index contributed by atoms with van der Waals surface area (Å²) in [4.78, 5) is 11.9. The molecule has 0 fully saturated rings. The lowest BCUT2D eigenvalue weighted by atomic mass is 10.1. The Morgan fingerprint density at radius 3 is 2.79 bits per heavy atom. The van der Waals surface area contributed by atoms with Crippen LogP contribution in [0.25, 0.3) is 5.57 Å². The van der Waals surface area contributed by atoms with Crippen molar-refractivity contribution in [2.24, 2.45) is 0 Å². The van der Waals surface area contributed by atoms with E-state index in [1.807, 2.05) is 48.5 Å². The van der Waals surface area contributed by atoms with Crippen LogP contribution < -0.4 is 16.4 Å². The van der Waals surface area contributed by atoms with Crippen molar-refractivity contribution in [3.63, 3.8) is 0 Å². The predicted octanol–water partition coefficient (Wildman–Crippen LogP) is 2.67. The molecule has 0 saturated heterocycles. The largest absolute Gasteiger partial charge is 0.399 e. The van der Waals surface area contributed by atoms with Gasteiger partial charge in [0.2, 0.25) is 0 Å². The molecule has 1 amide bonds. The fraction of sp³-hybridized carbons (Fsp3) is 0. The summed E-state index contributed by atoms with van der Waals surface area (Å²) in [7, 11) is 0. The monoisotopic (exact) mass is 251 g/mol. The number of nitrogen functional groups attached to an aromatic ring is 1.